The molecule has 0 atom stereocenters. The summed E-state index contributed by atoms with van der Waals surface area (Å²) in [6.07, 6.45) is 1.10. The van der Waals surface area contributed by atoms with Crippen LogP contribution in [0.15, 0.2) is 71.1 Å². The van der Waals surface area contributed by atoms with Crippen LogP contribution >= 0.6 is 0 Å². The number of aromatic nitrogens is 3. The second-order valence-electron chi connectivity index (χ2n) is 10.5. The van der Waals surface area contributed by atoms with Crippen LogP contribution in [0.3, 0.4) is 0 Å². The van der Waals surface area contributed by atoms with E-state index >= 15 is 0 Å². The van der Waals surface area contributed by atoms with Crippen LogP contribution in [0.5, 0.6) is 0 Å². The van der Waals surface area contributed by atoms with Crippen LogP contribution in [0, 0.1) is 19.7 Å². The first-order valence-electron chi connectivity index (χ1n) is 13.4. The van der Waals surface area contributed by atoms with Crippen LogP contribution in [0.4, 0.5) is 10.1 Å². The number of furan rings is 1. The number of H-pyrrole nitrogens is 1. The summed E-state index contributed by atoms with van der Waals surface area (Å²) < 4.78 is 47.4. The van der Waals surface area contributed by atoms with Crippen molar-refractivity contribution in [3.63, 3.8) is 0 Å². The molecule has 3 aromatic carbocycles. The molecule has 3 aromatic heterocycles. The summed E-state index contributed by atoms with van der Waals surface area (Å²) in [6, 6.07) is 19.1. The van der Waals surface area contributed by atoms with Gasteiger partial charge < -0.3 is 14.7 Å². The highest BCUT2D eigenvalue weighted by atomic mass is 32.2. The largest absolute Gasteiger partial charge is 0.455 e. The van der Waals surface area contributed by atoms with Gasteiger partial charge in [0.2, 0.25) is 10.0 Å². The Morgan fingerprint density at radius 1 is 0.977 bits per heavy atom. The Hall–Kier alpha value is -5.03. The minimum atomic E-state index is -3.71. The number of fused-ring (bicyclic) bond motifs is 2. The molecule has 43 heavy (non-hydrogen) atoms. The maximum atomic E-state index is 14.5. The number of carbonyl (C=O) groups excluding carboxylic acids is 1. The Labute approximate surface area is 247 Å². The second-order valence-corrected chi connectivity index (χ2v) is 12.5. The van der Waals surface area contributed by atoms with Crippen LogP contribution < -0.4 is 9.62 Å². The van der Waals surface area contributed by atoms with Crippen molar-refractivity contribution >= 4 is 43.5 Å². The van der Waals surface area contributed by atoms with Crippen molar-refractivity contribution in [2.45, 2.75) is 13.8 Å². The number of halogens is 1. The molecule has 6 aromatic rings. The summed E-state index contributed by atoms with van der Waals surface area (Å²) in [4.78, 5) is 16.5. The molecule has 0 spiro atoms. The van der Waals surface area contributed by atoms with Gasteiger partial charge in [0, 0.05) is 58.8 Å². The van der Waals surface area contributed by atoms with Gasteiger partial charge in [-0.05, 0) is 44.2 Å². The van der Waals surface area contributed by atoms with Gasteiger partial charge in [0.05, 0.1) is 28.9 Å². The smallest absolute Gasteiger partial charge is 0.255 e. The topological polar surface area (TPSA) is 121 Å². The Balaban J connectivity index is 1.63. The third-order valence-electron chi connectivity index (χ3n) is 7.57. The Kier molecular flexibility index (Phi) is 6.77. The van der Waals surface area contributed by atoms with Gasteiger partial charge in [-0.25, -0.2) is 12.8 Å². The zero-order chi connectivity index (χ0) is 30.6. The van der Waals surface area contributed by atoms with Crippen molar-refractivity contribution in [2.24, 2.45) is 0 Å². The van der Waals surface area contributed by atoms with Crippen molar-refractivity contribution in [2.75, 3.05) is 24.7 Å². The number of aromatic amines is 1. The van der Waals surface area contributed by atoms with Crippen molar-refractivity contribution in [3.8, 4) is 33.8 Å². The molecule has 9 nitrogen and oxygen atoms in total. The van der Waals surface area contributed by atoms with E-state index < -0.39 is 10.0 Å². The van der Waals surface area contributed by atoms with Gasteiger partial charge in [-0.1, -0.05) is 35.9 Å². The van der Waals surface area contributed by atoms with E-state index in [0.29, 0.717) is 67.0 Å². The van der Waals surface area contributed by atoms with E-state index in [1.54, 1.807) is 43.3 Å². The summed E-state index contributed by atoms with van der Waals surface area (Å²) in [7, 11) is -0.740. The van der Waals surface area contributed by atoms with E-state index in [1.165, 1.54) is 20.2 Å². The van der Waals surface area contributed by atoms with Gasteiger partial charge in [-0.3, -0.25) is 9.10 Å². The lowest BCUT2D eigenvalue weighted by atomic mass is 9.99. The standard InChI is InChI=1S/C32H28FN5O4S/c1-17-9-11-19(12-10-17)31-30(32(39)34-3)23-13-22(28(16-29(23)42-31)38(4)43(5,40)41)27-14-20(18(2)36-37-27)26-15-21-24(33)7-6-8-25(21)35-26/h6-16,35H,1-5H3,(H,34,39). The molecule has 2 N–H and O–H groups in total. The second kappa shape index (κ2) is 10.4. The highest BCUT2D eigenvalue weighted by molar-refractivity contribution is 7.92. The number of aryl methyl sites for hydroxylation is 2. The number of amides is 1. The van der Waals surface area contributed by atoms with Crippen LogP contribution in [0.1, 0.15) is 21.6 Å². The maximum Gasteiger partial charge on any atom is 0.255 e. The number of hydrogen-bond acceptors (Lipinski definition) is 6. The molecular weight excluding hydrogens is 569 g/mol. The molecule has 0 unspecified atom stereocenters. The molecule has 0 aliphatic carbocycles. The summed E-state index contributed by atoms with van der Waals surface area (Å²) in [6.45, 7) is 3.75. The number of anilines is 1. The molecule has 0 fully saturated rings. The normalized spacial score (nSPS) is 11.8. The molecule has 0 aliphatic rings. The molecule has 0 aliphatic heterocycles. The van der Waals surface area contributed by atoms with Crippen molar-refractivity contribution < 1.29 is 22.0 Å². The summed E-state index contributed by atoms with van der Waals surface area (Å²) in [5.41, 5.74) is 5.94. The summed E-state index contributed by atoms with van der Waals surface area (Å²) in [5.74, 6) is -0.357. The lowest BCUT2D eigenvalue weighted by Crippen LogP contribution is -2.25. The number of hydrogen-bond donors (Lipinski definition) is 2. The average Bonchev–Trinajstić information content (AvgIpc) is 3.58. The quantitative estimate of drug-likeness (QED) is 0.235. The molecule has 6 rings (SSSR count). The van der Waals surface area contributed by atoms with Gasteiger partial charge >= 0.3 is 0 Å². The third kappa shape index (κ3) is 4.91. The van der Waals surface area contributed by atoms with E-state index in [2.05, 4.69) is 20.5 Å². The molecule has 1 amide bonds. The fourth-order valence-corrected chi connectivity index (χ4v) is 5.66. The van der Waals surface area contributed by atoms with E-state index in [-0.39, 0.29) is 17.4 Å². The van der Waals surface area contributed by atoms with Gasteiger partial charge in [0.1, 0.15) is 17.2 Å². The molecule has 0 bridgehead atoms. The number of nitrogens with zero attached hydrogens (tertiary/aromatic N) is 3. The van der Waals surface area contributed by atoms with Crippen LogP contribution in [0.2, 0.25) is 0 Å². The first-order chi connectivity index (χ1) is 20.5. The van der Waals surface area contributed by atoms with Gasteiger partial charge in [0.15, 0.2) is 0 Å². The number of benzene rings is 3. The zero-order valence-electron chi connectivity index (χ0n) is 24.1. The third-order valence-corrected chi connectivity index (χ3v) is 8.76. The molecular formula is C32H28FN5O4S. The molecule has 0 saturated carbocycles. The van der Waals surface area contributed by atoms with Crippen molar-refractivity contribution in [1.29, 1.82) is 0 Å². The molecule has 11 heteroatoms. The number of sulfonamides is 1. The lowest BCUT2D eigenvalue weighted by Gasteiger charge is -2.20. The maximum absolute atomic E-state index is 14.5. The zero-order valence-corrected chi connectivity index (χ0v) is 24.9. The number of nitrogens with one attached hydrogen (secondary N) is 2. The monoisotopic (exact) mass is 597 g/mol. The van der Waals surface area contributed by atoms with E-state index in [9.17, 15) is 17.6 Å². The van der Waals surface area contributed by atoms with Gasteiger partial charge in [-0.15, -0.1) is 0 Å². The predicted octanol–water partition coefficient (Wildman–Crippen LogP) is 6.22. The van der Waals surface area contributed by atoms with Gasteiger partial charge in [0.25, 0.3) is 5.91 Å². The Morgan fingerprint density at radius 3 is 2.40 bits per heavy atom. The number of carbonyl (C=O) groups is 1. The van der Waals surface area contributed by atoms with Crippen LogP contribution in [0.25, 0.3) is 55.7 Å². The van der Waals surface area contributed by atoms with E-state index in [0.717, 1.165) is 16.1 Å². The van der Waals surface area contributed by atoms with Crippen molar-refractivity contribution in [3.05, 3.63) is 89.4 Å². The minimum absolute atomic E-state index is 0.287. The lowest BCUT2D eigenvalue weighted by molar-refractivity contribution is 0.0964. The Morgan fingerprint density at radius 2 is 1.72 bits per heavy atom. The van der Waals surface area contributed by atoms with E-state index in [1.807, 2.05) is 31.2 Å². The molecule has 3 heterocycles. The fraction of sp³-hybridized carbons (Fsp3) is 0.156. The minimum Gasteiger partial charge on any atom is -0.455 e. The average molecular weight is 598 g/mol. The van der Waals surface area contributed by atoms with Crippen LogP contribution in [-0.2, 0) is 10.0 Å². The van der Waals surface area contributed by atoms with E-state index in [4.69, 9.17) is 4.42 Å². The first-order valence-corrected chi connectivity index (χ1v) is 15.3. The highest BCUT2D eigenvalue weighted by Gasteiger charge is 2.27. The Bertz CT molecular complexity index is 2170. The van der Waals surface area contributed by atoms with Crippen molar-refractivity contribution in [1.82, 2.24) is 20.5 Å². The number of rotatable bonds is 6. The molecule has 0 radical (unpaired) electrons. The molecule has 218 valence electrons. The molecule has 0 saturated heterocycles. The van der Waals surface area contributed by atoms with Crippen LogP contribution in [-0.4, -0.2) is 49.9 Å². The predicted molar refractivity (Wildman–Crippen MR) is 166 cm³/mol. The summed E-state index contributed by atoms with van der Waals surface area (Å²) in [5, 5.41) is 12.4. The summed E-state index contributed by atoms with van der Waals surface area (Å²) >= 11 is 0. The highest BCUT2D eigenvalue weighted by Crippen LogP contribution is 2.41. The SMILES string of the molecule is CNC(=O)c1c(-c2ccc(C)cc2)oc2cc(N(C)S(C)(=O)=O)c(-c3cc(-c4cc5c(F)cccc5[nH]4)c(C)nn3)cc12. The first kappa shape index (κ1) is 28.1. The van der Waals surface area contributed by atoms with Gasteiger partial charge in [-0.2, -0.15) is 10.2 Å². The fourth-order valence-electron chi connectivity index (χ4n) is 5.16.